The number of carbonyl (C=O) groups excluding carboxylic acids is 1. The number of hydrazine groups is 1. The average molecular weight is 262 g/mol. The number of amides is 1. The van der Waals surface area contributed by atoms with Crippen LogP contribution in [0.2, 0.25) is 0 Å². The molecule has 19 heavy (non-hydrogen) atoms. The van der Waals surface area contributed by atoms with Crippen molar-refractivity contribution in [3.63, 3.8) is 0 Å². The highest BCUT2D eigenvalue weighted by atomic mass is 16.2. The van der Waals surface area contributed by atoms with E-state index in [1.54, 1.807) is 0 Å². The molecule has 0 aliphatic carbocycles. The van der Waals surface area contributed by atoms with E-state index in [0.29, 0.717) is 5.56 Å². The van der Waals surface area contributed by atoms with Gasteiger partial charge in [0.25, 0.3) is 5.91 Å². The lowest BCUT2D eigenvalue weighted by Gasteiger charge is -2.32. The number of aryl methyl sites for hydroxylation is 1. The van der Waals surface area contributed by atoms with E-state index in [1.807, 2.05) is 37.2 Å². The largest absolute Gasteiger partial charge is 0.387 e. The fourth-order valence-electron chi connectivity index (χ4n) is 2.19. The summed E-state index contributed by atoms with van der Waals surface area (Å²) < 4.78 is 0. The molecule has 1 amide bonds. The Morgan fingerprint density at radius 3 is 2.53 bits per heavy atom. The number of benzene rings is 1. The van der Waals surface area contributed by atoms with Crippen LogP contribution in [-0.4, -0.2) is 56.1 Å². The normalized spacial score (nSPS) is 17.2. The molecule has 0 saturated carbocycles. The van der Waals surface area contributed by atoms with Gasteiger partial charge in [-0.3, -0.25) is 10.2 Å². The van der Waals surface area contributed by atoms with E-state index in [4.69, 9.17) is 0 Å². The fourth-order valence-corrected chi connectivity index (χ4v) is 2.19. The summed E-state index contributed by atoms with van der Waals surface area (Å²) in [5.41, 5.74) is 5.63. The summed E-state index contributed by atoms with van der Waals surface area (Å²) in [5.74, 6) is -0.0439. The van der Waals surface area contributed by atoms with Crippen LogP contribution in [0.15, 0.2) is 18.2 Å². The van der Waals surface area contributed by atoms with Crippen LogP contribution in [-0.2, 0) is 0 Å². The number of piperazine rings is 1. The molecule has 1 aromatic carbocycles. The highest BCUT2D eigenvalue weighted by Gasteiger charge is 2.18. The molecule has 0 radical (unpaired) electrons. The lowest BCUT2D eigenvalue weighted by atomic mass is 10.1. The Labute approximate surface area is 114 Å². The number of anilines is 1. The molecule has 1 aromatic rings. The van der Waals surface area contributed by atoms with Gasteiger partial charge in [0.05, 0.1) is 5.56 Å². The number of likely N-dealkylation sites (N-methyl/N-ethyl adjacent to an activating group) is 1. The topological polar surface area (TPSA) is 47.6 Å². The minimum absolute atomic E-state index is 0.0439. The van der Waals surface area contributed by atoms with Gasteiger partial charge in [-0.05, 0) is 26.1 Å². The zero-order chi connectivity index (χ0) is 13.8. The van der Waals surface area contributed by atoms with E-state index in [9.17, 15) is 4.79 Å². The van der Waals surface area contributed by atoms with Crippen molar-refractivity contribution in [3.8, 4) is 0 Å². The molecule has 0 unspecified atom stereocenters. The second kappa shape index (κ2) is 6.04. The predicted molar refractivity (Wildman–Crippen MR) is 77.3 cm³/mol. The molecule has 1 heterocycles. The Bertz CT molecular complexity index is 453. The highest BCUT2D eigenvalue weighted by Crippen LogP contribution is 2.16. The molecular weight excluding hydrogens is 240 g/mol. The van der Waals surface area contributed by atoms with E-state index in [0.717, 1.165) is 37.4 Å². The van der Waals surface area contributed by atoms with Crippen LogP contribution in [0.3, 0.4) is 0 Å². The fraction of sp³-hybridized carbons (Fsp3) is 0.500. The van der Waals surface area contributed by atoms with Gasteiger partial charge in [-0.2, -0.15) is 0 Å². The van der Waals surface area contributed by atoms with Crippen molar-refractivity contribution in [1.29, 1.82) is 0 Å². The first-order valence-corrected chi connectivity index (χ1v) is 6.63. The number of nitrogens with zero attached hydrogens (tertiary/aromatic N) is 2. The molecule has 1 aliphatic heterocycles. The maximum Gasteiger partial charge on any atom is 0.267 e. The molecule has 5 heteroatoms. The first kappa shape index (κ1) is 13.8. The van der Waals surface area contributed by atoms with Gasteiger partial charge >= 0.3 is 0 Å². The monoisotopic (exact) mass is 262 g/mol. The van der Waals surface area contributed by atoms with Crippen molar-refractivity contribution >= 4 is 11.6 Å². The minimum atomic E-state index is -0.0439. The van der Waals surface area contributed by atoms with E-state index < -0.39 is 0 Å². The Morgan fingerprint density at radius 1 is 1.21 bits per heavy atom. The average Bonchev–Trinajstić information content (AvgIpc) is 2.41. The van der Waals surface area contributed by atoms with Gasteiger partial charge in [-0.1, -0.05) is 11.6 Å². The third-order valence-electron chi connectivity index (χ3n) is 3.45. The molecule has 1 saturated heterocycles. The molecular formula is C14H22N4O. The minimum Gasteiger partial charge on any atom is -0.387 e. The summed E-state index contributed by atoms with van der Waals surface area (Å²) in [6.07, 6.45) is 0. The molecule has 2 rings (SSSR count). The van der Waals surface area contributed by atoms with Gasteiger partial charge in [0.1, 0.15) is 0 Å². The molecule has 0 bridgehead atoms. The van der Waals surface area contributed by atoms with Gasteiger partial charge in [-0.25, -0.2) is 5.01 Å². The predicted octanol–water partition coefficient (Wildman–Crippen LogP) is 0.929. The molecule has 1 aliphatic rings. The summed E-state index contributed by atoms with van der Waals surface area (Å²) in [4.78, 5) is 14.6. The van der Waals surface area contributed by atoms with E-state index in [1.165, 1.54) is 0 Å². The highest BCUT2D eigenvalue weighted by molar-refractivity contribution is 5.99. The number of hydrogen-bond donors (Lipinski definition) is 2. The van der Waals surface area contributed by atoms with Crippen molar-refractivity contribution in [2.24, 2.45) is 0 Å². The van der Waals surface area contributed by atoms with E-state index in [2.05, 4.69) is 22.7 Å². The van der Waals surface area contributed by atoms with E-state index in [-0.39, 0.29) is 5.91 Å². The van der Waals surface area contributed by atoms with Crippen LogP contribution in [0.4, 0.5) is 5.69 Å². The van der Waals surface area contributed by atoms with Crippen LogP contribution in [0, 0.1) is 6.92 Å². The summed E-state index contributed by atoms with van der Waals surface area (Å²) in [7, 11) is 3.93. The molecule has 0 atom stereocenters. The van der Waals surface area contributed by atoms with Crippen LogP contribution in [0.1, 0.15) is 15.9 Å². The zero-order valence-electron chi connectivity index (χ0n) is 11.9. The van der Waals surface area contributed by atoms with Crippen molar-refractivity contribution < 1.29 is 4.79 Å². The Balaban J connectivity index is 2.05. The first-order valence-electron chi connectivity index (χ1n) is 6.63. The Hall–Kier alpha value is -1.59. The van der Waals surface area contributed by atoms with Gasteiger partial charge in [0.15, 0.2) is 0 Å². The second-order valence-corrected chi connectivity index (χ2v) is 5.03. The van der Waals surface area contributed by atoms with Crippen molar-refractivity contribution in [1.82, 2.24) is 15.3 Å². The summed E-state index contributed by atoms with van der Waals surface area (Å²) in [6.45, 7) is 5.68. The molecule has 0 spiro atoms. The van der Waals surface area contributed by atoms with Crippen molar-refractivity contribution in [2.45, 2.75) is 6.92 Å². The smallest absolute Gasteiger partial charge is 0.267 e. The van der Waals surface area contributed by atoms with Crippen molar-refractivity contribution in [2.75, 3.05) is 45.6 Å². The first-order chi connectivity index (χ1) is 9.10. The lowest BCUT2D eigenvalue weighted by Crippen LogP contribution is -2.52. The summed E-state index contributed by atoms with van der Waals surface area (Å²) in [6, 6.07) is 5.85. The van der Waals surface area contributed by atoms with Crippen LogP contribution >= 0.6 is 0 Å². The molecule has 5 nitrogen and oxygen atoms in total. The number of nitrogens with one attached hydrogen (secondary N) is 2. The molecule has 104 valence electrons. The molecule has 0 aromatic heterocycles. The summed E-state index contributed by atoms with van der Waals surface area (Å²) >= 11 is 0. The van der Waals surface area contributed by atoms with Crippen molar-refractivity contribution in [3.05, 3.63) is 29.3 Å². The van der Waals surface area contributed by atoms with Crippen LogP contribution < -0.4 is 10.7 Å². The third-order valence-corrected chi connectivity index (χ3v) is 3.45. The van der Waals surface area contributed by atoms with Crippen LogP contribution in [0.5, 0.6) is 0 Å². The van der Waals surface area contributed by atoms with Gasteiger partial charge in [0.2, 0.25) is 0 Å². The van der Waals surface area contributed by atoms with Gasteiger partial charge in [0, 0.05) is 38.9 Å². The quantitative estimate of drug-likeness (QED) is 0.851. The maximum absolute atomic E-state index is 12.3. The zero-order valence-corrected chi connectivity index (χ0v) is 11.9. The maximum atomic E-state index is 12.3. The second-order valence-electron chi connectivity index (χ2n) is 5.03. The lowest BCUT2D eigenvalue weighted by molar-refractivity contribution is 0.0663. The number of hydrogen-bond acceptors (Lipinski definition) is 4. The SMILES string of the molecule is CNc1ccc(C)cc1C(=O)NN1CCN(C)CC1. The summed E-state index contributed by atoms with van der Waals surface area (Å²) in [5, 5.41) is 5.05. The van der Waals surface area contributed by atoms with E-state index >= 15 is 0 Å². The number of carbonyl (C=O) groups is 1. The number of rotatable bonds is 3. The van der Waals surface area contributed by atoms with Gasteiger partial charge in [-0.15, -0.1) is 0 Å². The standard InChI is InChI=1S/C14H22N4O/c1-11-4-5-13(15-2)12(10-11)14(19)16-18-8-6-17(3)7-9-18/h4-5,10,15H,6-9H2,1-3H3,(H,16,19). The third kappa shape index (κ3) is 3.45. The van der Waals surface area contributed by atoms with Crippen LogP contribution in [0.25, 0.3) is 0 Å². The Kier molecular flexibility index (Phi) is 4.39. The molecule has 1 fully saturated rings. The van der Waals surface area contributed by atoms with Gasteiger partial charge < -0.3 is 10.2 Å². The Morgan fingerprint density at radius 2 is 1.89 bits per heavy atom. The molecule has 2 N–H and O–H groups in total.